The summed E-state index contributed by atoms with van der Waals surface area (Å²) in [4.78, 5) is 0. The molecule has 2 fully saturated rings. The minimum atomic E-state index is 0.799. The van der Waals surface area contributed by atoms with Crippen LogP contribution in [0.5, 0.6) is 0 Å². The van der Waals surface area contributed by atoms with Crippen molar-refractivity contribution < 1.29 is 0 Å². The highest BCUT2D eigenvalue weighted by atomic mass is 32.2. The molecule has 0 nitrogen and oxygen atoms in total. The van der Waals surface area contributed by atoms with Crippen molar-refractivity contribution in [1.82, 2.24) is 0 Å². The van der Waals surface area contributed by atoms with Crippen molar-refractivity contribution in [3.8, 4) is 0 Å². The second kappa shape index (κ2) is 7.63. The maximum absolute atomic E-state index is 4.39. The number of hydrogen-bond acceptors (Lipinski definition) is 6. The number of thiol groups is 2. The monoisotopic (exact) mass is 330 g/mol. The highest BCUT2D eigenvalue weighted by Crippen LogP contribution is 2.45. The molecule has 0 N–H and O–H groups in total. The minimum absolute atomic E-state index is 0.799. The van der Waals surface area contributed by atoms with E-state index < -0.39 is 0 Å². The molecule has 0 radical (unpaired) electrons. The van der Waals surface area contributed by atoms with Crippen LogP contribution in [-0.2, 0) is 0 Å². The summed E-state index contributed by atoms with van der Waals surface area (Å²) in [6, 6.07) is 0. The second-order valence-electron chi connectivity index (χ2n) is 3.98. The first-order valence-electron chi connectivity index (χ1n) is 5.57. The fourth-order valence-corrected chi connectivity index (χ4v) is 9.32. The van der Waals surface area contributed by atoms with Gasteiger partial charge in [-0.15, -0.1) is 47.0 Å². The van der Waals surface area contributed by atoms with Gasteiger partial charge in [-0.1, -0.05) is 0 Å². The molecule has 2 aliphatic heterocycles. The van der Waals surface area contributed by atoms with Gasteiger partial charge in [0.1, 0.15) is 0 Å². The van der Waals surface area contributed by atoms with E-state index in [-0.39, 0.29) is 0 Å². The molecule has 0 saturated carbocycles. The van der Waals surface area contributed by atoms with Gasteiger partial charge < -0.3 is 0 Å². The average Bonchev–Trinajstić information content (AvgIpc) is 2.95. The van der Waals surface area contributed by atoms with Crippen LogP contribution in [-0.4, -0.2) is 42.7 Å². The van der Waals surface area contributed by atoms with Crippen LogP contribution >= 0.6 is 72.3 Å². The van der Waals surface area contributed by atoms with Crippen LogP contribution in [0.3, 0.4) is 0 Å². The van der Waals surface area contributed by atoms with Gasteiger partial charge in [-0.3, -0.25) is 0 Å². The summed E-state index contributed by atoms with van der Waals surface area (Å²) in [6.45, 7) is 0. The van der Waals surface area contributed by atoms with Gasteiger partial charge in [0, 0.05) is 33.5 Å². The molecule has 16 heavy (non-hydrogen) atoms. The van der Waals surface area contributed by atoms with Crippen molar-refractivity contribution in [3.05, 3.63) is 0 Å². The fraction of sp³-hybridized carbons (Fsp3) is 1.00. The van der Waals surface area contributed by atoms with Crippen LogP contribution in [0.25, 0.3) is 0 Å². The predicted molar refractivity (Wildman–Crippen MR) is 92.2 cm³/mol. The van der Waals surface area contributed by atoms with Crippen LogP contribution in [0, 0.1) is 0 Å². The normalized spacial score (nSPS) is 39.4. The number of thioether (sulfide) groups is 4. The zero-order chi connectivity index (χ0) is 11.4. The van der Waals surface area contributed by atoms with Gasteiger partial charge in [0.15, 0.2) is 0 Å². The second-order valence-corrected chi connectivity index (χ2v) is 10.8. The molecule has 4 unspecified atom stereocenters. The molecule has 0 bridgehead atoms. The summed E-state index contributed by atoms with van der Waals surface area (Å²) < 4.78 is 1.68. The molecule has 2 aliphatic rings. The third-order valence-corrected chi connectivity index (χ3v) is 10.9. The average molecular weight is 331 g/mol. The van der Waals surface area contributed by atoms with E-state index in [1.54, 1.807) is 0 Å². The lowest BCUT2D eigenvalue weighted by Crippen LogP contribution is -2.04. The lowest BCUT2D eigenvalue weighted by Gasteiger charge is -2.12. The first-order valence-corrected chi connectivity index (χ1v) is 10.8. The van der Waals surface area contributed by atoms with Crippen LogP contribution in [0.1, 0.15) is 12.8 Å². The SMILES string of the molecule is SCC1CSC(CCC2SCC(CS)S2)S1. The van der Waals surface area contributed by atoms with Gasteiger partial charge in [0.25, 0.3) is 0 Å². The summed E-state index contributed by atoms with van der Waals surface area (Å²) in [5, 5.41) is 1.60. The smallest absolute Gasteiger partial charge is 0.0507 e. The molecule has 2 heterocycles. The van der Waals surface area contributed by atoms with E-state index >= 15 is 0 Å². The Morgan fingerprint density at radius 1 is 0.812 bits per heavy atom. The van der Waals surface area contributed by atoms with E-state index in [1.807, 2.05) is 0 Å². The van der Waals surface area contributed by atoms with Crippen molar-refractivity contribution in [2.24, 2.45) is 0 Å². The topological polar surface area (TPSA) is 0 Å². The Kier molecular flexibility index (Phi) is 6.92. The molecule has 2 rings (SSSR count). The van der Waals surface area contributed by atoms with Crippen molar-refractivity contribution in [2.45, 2.75) is 32.5 Å². The maximum Gasteiger partial charge on any atom is 0.0507 e. The van der Waals surface area contributed by atoms with Gasteiger partial charge >= 0.3 is 0 Å². The molecule has 0 aromatic carbocycles. The van der Waals surface area contributed by atoms with Gasteiger partial charge in [0.2, 0.25) is 0 Å². The zero-order valence-corrected chi connectivity index (χ0v) is 14.1. The quantitative estimate of drug-likeness (QED) is 0.732. The van der Waals surface area contributed by atoms with Crippen molar-refractivity contribution in [3.63, 3.8) is 0 Å². The van der Waals surface area contributed by atoms with E-state index in [0.29, 0.717) is 0 Å². The predicted octanol–water partition coefficient (Wildman–Crippen LogP) is 3.98. The lowest BCUT2D eigenvalue weighted by molar-refractivity contribution is 0.861. The summed E-state index contributed by atoms with van der Waals surface area (Å²) in [5.41, 5.74) is 0. The highest BCUT2D eigenvalue weighted by Gasteiger charge is 2.28. The molecular formula is C10H18S6. The van der Waals surface area contributed by atoms with Crippen LogP contribution in [0.2, 0.25) is 0 Å². The van der Waals surface area contributed by atoms with Gasteiger partial charge in [-0.05, 0) is 12.8 Å². The largest absolute Gasteiger partial charge is 0.178 e. The zero-order valence-electron chi connectivity index (χ0n) is 9.08. The maximum atomic E-state index is 4.39. The van der Waals surface area contributed by atoms with Gasteiger partial charge in [-0.25, -0.2) is 0 Å². The van der Waals surface area contributed by atoms with Crippen LogP contribution in [0.4, 0.5) is 0 Å². The van der Waals surface area contributed by atoms with Crippen LogP contribution < -0.4 is 0 Å². The Bertz CT molecular complexity index is 189. The summed E-state index contributed by atoms with van der Waals surface area (Å²) in [5.74, 6) is 4.71. The Morgan fingerprint density at radius 2 is 1.25 bits per heavy atom. The first-order chi connectivity index (χ1) is 7.81. The number of rotatable bonds is 5. The van der Waals surface area contributed by atoms with E-state index in [4.69, 9.17) is 0 Å². The van der Waals surface area contributed by atoms with Crippen molar-refractivity contribution in [2.75, 3.05) is 23.0 Å². The number of hydrogen-bond donors (Lipinski definition) is 2. The Hall–Kier alpha value is 2.10. The first kappa shape index (κ1) is 14.5. The minimum Gasteiger partial charge on any atom is -0.178 e. The van der Waals surface area contributed by atoms with Gasteiger partial charge in [0.05, 0.1) is 9.16 Å². The molecule has 0 aromatic rings. The molecule has 2 saturated heterocycles. The molecule has 0 spiro atoms. The summed E-state index contributed by atoms with van der Waals surface area (Å²) >= 11 is 17.4. The third-order valence-electron chi connectivity index (χ3n) is 2.67. The highest BCUT2D eigenvalue weighted by molar-refractivity contribution is 8.21. The van der Waals surface area contributed by atoms with E-state index in [2.05, 4.69) is 72.3 Å². The summed E-state index contributed by atoms with van der Waals surface area (Å²) in [6.07, 6.45) is 2.76. The van der Waals surface area contributed by atoms with Crippen molar-refractivity contribution >= 4 is 72.3 Å². The molecular weight excluding hydrogens is 313 g/mol. The molecule has 0 aromatic heterocycles. The molecule has 0 aliphatic carbocycles. The molecule has 4 atom stereocenters. The molecule has 94 valence electrons. The Balaban J connectivity index is 1.61. The summed E-state index contributed by atoms with van der Waals surface area (Å²) in [7, 11) is 0. The van der Waals surface area contributed by atoms with E-state index in [0.717, 1.165) is 31.2 Å². The Morgan fingerprint density at radius 3 is 1.56 bits per heavy atom. The molecule has 6 heteroatoms. The molecule has 0 amide bonds. The van der Waals surface area contributed by atoms with Crippen molar-refractivity contribution in [1.29, 1.82) is 0 Å². The van der Waals surface area contributed by atoms with Crippen LogP contribution in [0.15, 0.2) is 0 Å². The standard InChI is InChI=1S/C10H18S6/c11-3-7-5-13-9(15-7)1-2-10-14-6-8(4-12)16-10/h7-12H,1-6H2. The van der Waals surface area contributed by atoms with E-state index in [1.165, 1.54) is 24.3 Å². The Labute approximate surface area is 127 Å². The fourth-order valence-electron chi connectivity index (χ4n) is 1.78. The van der Waals surface area contributed by atoms with Gasteiger partial charge in [-0.2, -0.15) is 25.3 Å². The lowest BCUT2D eigenvalue weighted by atomic mass is 10.4. The third kappa shape index (κ3) is 4.34. The van der Waals surface area contributed by atoms with E-state index in [9.17, 15) is 0 Å².